The van der Waals surface area contributed by atoms with Gasteiger partial charge in [-0.05, 0) is 53.2 Å². The molecule has 0 aliphatic carbocycles. The summed E-state index contributed by atoms with van der Waals surface area (Å²) in [5.41, 5.74) is 10.8. The molecule has 1 aliphatic heterocycles. The molecule has 0 atom stereocenters. The summed E-state index contributed by atoms with van der Waals surface area (Å²) < 4.78 is 0. The SMILES string of the molecule is Cc1cc(C#C[Si](C(C)C)(C(C)C)C(C)C)c2c(c1)CCN2c1ncccn1. The van der Waals surface area contributed by atoms with Gasteiger partial charge in [0.15, 0.2) is 0 Å². The number of hydrogen-bond acceptors (Lipinski definition) is 3. The van der Waals surface area contributed by atoms with Crippen LogP contribution in [-0.2, 0) is 6.42 Å². The van der Waals surface area contributed by atoms with Gasteiger partial charge in [0.25, 0.3) is 0 Å². The third kappa shape index (κ3) is 3.60. The Kier molecular flexibility index (Phi) is 5.95. The van der Waals surface area contributed by atoms with Crippen molar-refractivity contribution in [1.82, 2.24) is 9.97 Å². The summed E-state index contributed by atoms with van der Waals surface area (Å²) in [6.07, 6.45) is 4.65. The Bertz CT molecular complexity index is 870. The third-order valence-corrected chi connectivity index (χ3v) is 12.6. The number of anilines is 2. The van der Waals surface area contributed by atoms with Crippen molar-refractivity contribution in [2.45, 2.75) is 71.5 Å². The lowest BCUT2D eigenvalue weighted by molar-refractivity contribution is 0.838. The molecule has 0 saturated carbocycles. The Labute approximate surface area is 171 Å². The number of fused-ring (bicyclic) bond motifs is 1. The Balaban J connectivity index is 2.14. The third-order valence-electron chi connectivity index (χ3n) is 6.28. The molecule has 0 amide bonds. The van der Waals surface area contributed by atoms with Crippen molar-refractivity contribution in [3.05, 3.63) is 47.3 Å². The van der Waals surface area contributed by atoms with E-state index in [0.717, 1.165) is 24.5 Å². The zero-order valence-electron chi connectivity index (χ0n) is 18.4. The molecule has 2 heterocycles. The first-order valence-electron chi connectivity index (χ1n) is 10.5. The smallest absolute Gasteiger partial charge is 0.229 e. The zero-order chi connectivity index (χ0) is 20.5. The molecular formula is C24H33N3Si. The summed E-state index contributed by atoms with van der Waals surface area (Å²) in [6.45, 7) is 17.3. The Morgan fingerprint density at radius 2 is 1.57 bits per heavy atom. The monoisotopic (exact) mass is 391 g/mol. The van der Waals surface area contributed by atoms with Gasteiger partial charge in [0.2, 0.25) is 5.95 Å². The summed E-state index contributed by atoms with van der Waals surface area (Å²) in [7, 11) is -1.77. The standard InChI is InChI=1S/C24H33N3Si/c1-17(2)28(18(3)4,19(5)6)14-10-22-16-20(7)15-21-9-13-27(23(21)22)24-25-11-8-12-26-24/h8,11-12,15-19H,9,13H2,1-7H3. The highest BCUT2D eigenvalue weighted by Crippen LogP contribution is 2.41. The highest BCUT2D eigenvalue weighted by atomic mass is 28.3. The van der Waals surface area contributed by atoms with E-state index < -0.39 is 8.07 Å². The van der Waals surface area contributed by atoms with Crippen LogP contribution in [0.4, 0.5) is 11.6 Å². The number of aryl methyl sites for hydroxylation is 1. The van der Waals surface area contributed by atoms with Gasteiger partial charge in [-0.3, -0.25) is 0 Å². The van der Waals surface area contributed by atoms with E-state index in [1.165, 1.54) is 16.8 Å². The normalized spacial score (nSPS) is 13.9. The minimum atomic E-state index is -1.77. The van der Waals surface area contributed by atoms with E-state index in [1.54, 1.807) is 0 Å². The van der Waals surface area contributed by atoms with Gasteiger partial charge < -0.3 is 4.90 Å². The predicted molar refractivity (Wildman–Crippen MR) is 122 cm³/mol. The van der Waals surface area contributed by atoms with E-state index >= 15 is 0 Å². The van der Waals surface area contributed by atoms with Crippen molar-refractivity contribution in [3.8, 4) is 11.5 Å². The van der Waals surface area contributed by atoms with Gasteiger partial charge in [0.1, 0.15) is 8.07 Å². The lowest BCUT2D eigenvalue weighted by Gasteiger charge is -2.38. The van der Waals surface area contributed by atoms with E-state index in [4.69, 9.17) is 0 Å². The van der Waals surface area contributed by atoms with Crippen LogP contribution >= 0.6 is 0 Å². The number of aromatic nitrogens is 2. The molecule has 2 aromatic rings. The van der Waals surface area contributed by atoms with E-state index in [9.17, 15) is 0 Å². The minimum absolute atomic E-state index is 0.631. The first-order valence-corrected chi connectivity index (χ1v) is 12.7. The summed E-state index contributed by atoms with van der Waals surface area (Å²) in [5, 5.41) is 0. The van der Waals surface area contributed by atoms with Gasteiger partial charge in [0, 0.05) is 24.5 Å². The fraction of sp³-hybridized carbons (Fsp3) is 0.500. The number of nitrogens with zero attached hydrogens (tertiary/aromatic N) is 3. The molecule has 0 radical (unpaired) electrons. The second kappa shape index (κ2) is 8.09. The summed E-state index contributed by atoms with van der Waals surface area (Å²) >= 11 is 0. The quantitative estimate of drug-likeness (QED) is 0.469. The van der Waals surface area contributed by atoms with Crippen molar-refractivity contribution in [2.24, 2.45) is 0 Å². The van der Waals surface area contributed by atoms with Crippen LogP contribution < -0.4 is 4.90 Å². The van der Waals surface area contributed by atoms with Crippen LogP contribution in [-0.4, -0.2) is 24.6 Å². The van der Waals surface area contributed by atoms with Crippen molar-refractivity contribution in [3.63, 3.8) is 0 Å². The van der Waals surface area contributed by atoms with E-state index in [0.29, 0.717) is 16.6 Å². The molecule has 0 saturated heterocycles. The molecule has 0 spiro atoms. The van der Waals surface area contributed by atoms with E-state index in [-0.39, 0.29) is 0 Å². The van der Waals surface area contributed by atoms with E-state index in [2.05, 4.69) is 86.9 Å². The maximum Gasteiger partial charge on any atom is 0.229 e. The van der Waals surface area contributed by atoms with Gasteiger partial charge in [-0.2, -0.15) is 0 Å². The molecule has 4 heteroatoms. The van der Waals surface area contributed by atoms with Crippen molar-refractivity contribution in [2.75, 3.05) is 11.4 Å². The van der Waals surface area contributed by atoms with Gasteiger partial charge in [0.05, 0.1) is 5.69 Å². The summed E-state index contributed by atoms with van der Waals surface area (Å²) in [5.74, 6) is 4.46. The maximum atomic E-state index is 4.49. The van der Waals surface area contributed by atoms with E-state index in [1.807, 2.05) is 18.5 Å². The molecule has 148 valence electrons. The van der Waals surface area contributed by atoms with Crippen LogP contribution in [0, 0.1) is 18.4 Å². The van der Waals surface area contributed by atoms with Crippen molar-refractivity contribution >= 4 is 19.7 Å². The van der Waals surface area contributed by atoms with Gasteiger partial charge in [-0.25, -0.2) is 9.97 Å². The van der Waals surface area contributed by atoms with Crippen LogP contribution in [0.5, 0.6) is 0 Å². The largest absolute Gasteiger partial charge is 0.309 e. The van der Waals surface area contributed by atoms with Crippen molar-refractivity contribution in [1.29, 1.82) is 0 Å². The average Bonchev–Trinajstić information content (AvgIpc) is 3.05. The molecule has 1 aliphatic rings. The molecule has 1 aromatic heterocycles. The molecule has 1 aromatic carbocycles. The Morgan fingerprint density at radius 1 is 0.964 bits per heavy atom. The first-order chi connectivity index (χ1) is 13.3. The zero-order valence-corrected chi connectivity index (χ0v) is 19.4. The lowest BCUT2D eigenvalue weighted by Crippen LogP contribution is -2.43. The Hall–Kier alpha value is -2.12. The van der Waals surface area contributed by atoms with Crippen LogP contribution in [0.15, 0.2) is 30.6 Å². The Morgan fingerprint density at radius 3 is 2.14 bits per heavy atom. The summed E-state index contributed by atoms with van der Waals surface area (Å²) in [4.78, 5) is 11.2. The minimum Gasteiger partial charge on any atom is -0.309 e. The van der Waals surface area contributed by atoms with Crippen molar-refractivity contribution < 1.29 is 0 Å². The molecule has 0 fully saturated rings. The highest BCUT2D eigenvalue weighted by molar-refractivity contribution is 6.90. The number of benzene rings is 1. The molecule has 0 bridgehead atoms. The summed E-state index contributed by atoms with van der Waals surface area (Å²) in [6, 6.07) is 6.40. The molecule has 0 unspecified atom stereocenters. The molecular weight excluding hydrogens is 358 g/mol. The van der Waals surface area contributed by atoms with Gasteiger partial charge >= 0.3 is 0 Å². The fourth-order valence-electron chi connectivity index (χ4n) is 5.04. The van der Waals surface area contributed by atoms with Gasteiger partial charge in [-0.1, -0.05) is 53.5 Å². The molecule has 0 N–H and O–H groups in total. The molecule has 3 rings (SSSR count). The first kappa shape index (κ1) is 20.6. The second-order valence-corrected chi connectivity index (χ2v) is 14.5. The molecule has 28 heavy (non-hydrogen) atoms. The lowest BCUT2D eigenvalue weighted by atomic mass is 10.0. The fourth-order valence-corrected chi connectivity index (χ4v) is 10.3. The second-order valence-electron chi connectivity index (χ2n) is 8.92. The number of rotatable bonds is 4. The highest BCUT2D eigenvalue weighted by Gasteiger charge is 2.41. The van der Waals surface area contributed by atoms with Crippen LogP contribution in [0.3, 0.4) is 0 Å². The topological polar surface area (TPSA) is 29.0 Å². The average molecular weight is 392 g/mol. The molecule has 3 nitrogen and oxygen atoms in total. The maximum absolute atomic E-state index is 4.49. The van der Waals surface area contributed by atoms with Crippen LogP contribution in [0.1, 0.15) is 58.2 Å². The van der Waals surface area contributed by atoms with Crippen LogP contribution in [0.25, 0.3) is 0 Å². The predicted octanol–water partition coefficient (Wildman–Crippen LogP) is 6.05. The number of hydrogen-bond donors (Lipinski definition) is 0. The van der Waals surface area contributed by atoms with Gasteiger partial charge in [-0.15, -0.1) is 5.54 Å². The van der Waals surface area contributed by atoms with Crippen LogP contribution in [0.2, 0.25) is 16.6 Å².